The molecular formula is C14H17O2PS. The highest BCUT2D eigenvalue weighted by Crippen LogP contribution is 2.53. The molecule has 0 aliphatic carbocycles. The number of rotatable bonds is 1. The molecule has 0 aromatic heterocycles. The van der Waals surface area contributed by atoms with E-state index in [-0.39, 0.29) is 12.1 Å². The Labute approximate surface area is 113 Å². The fourth-order valence-electron chi connectivity index (χ4n) is 3.06. The molecule has 0 radical (unpaired) electrons. The number of hydrogen-bond acceptors (Lipinski definition) is 3. The van der Waals surface area contributed by atoms with E-state index in [1.165, 1.54) is 5.30 Å². The van der Waals surface area contributed by atoms with Crippen LogP contribution < -0.4 is 5.30 Å². The molecule has 1 aromatic rings. The first-order chi connectivity index (χ1) is 8.67. The van der Waals surface area contributed by atoms with Gasteiger partial charge in [-0.1, -0.05) is 42.1 Å². The van der Waals surface area contributed by atoms with Gasteiger partial charge >= 0.3 is 5.97 Å². The van der Waals surface area contributed by atoms with E-state index in [1.54, 1.807) is 0 Å². The van der Waals surface area contributed by atoms with Crippen LogP contribution in [0, 0.1) is 5.92 Å². The predicted molar refractivity (Wildman–Crippen MR) is 77.3 cm³/mol. The second kappa shape index (κ2) is 4.79. The fraction of sp³-hybridized carbons (Fsp3) is 0.500. The summed E-state index contributed by atoms with van der Waals surface area (Å²) < 4.78 is 5.45. The summed E-state index contributed by atoms with van der Waals surface area (Å²) in [4.78, 5) is 11.3. The van der Waals surface area contributed by atoms with Crippen LogP contribution in [0.15, 0.2) is 30.3 Å². The van der Waals surface area contributed by atoms with Crippen LogP contribution in [0.3, 0.4) is 0 Å². The zero-order valence-electron chi connectivity index (χ0n) is 10.2. The first-order valence-electron chi connectivity index (χ1n) is 6.50. The second-order valence-corrected chi connectivity index (χ2v) is 10.5. The van der Waals surface area contributed by atoms with Gasteiger partial charge in [-0.3, -0.25) is 4.79 Å². The van der Waals surface area contributed by atoms with E-state index < -0.39 is 6.04 Å². The Morgan fingerprint density at radius 2 is 2.00 bits per heavy atom. The van der Waals surface area contributed by atoms with E-state index in [9.17, 15) is 4.79 Å². The molecular weight excluding hydrogens is 263 g/mol. The third kappa shape index (κ3) is 2.26. The summed E-state index contributed by atoms with van der Waals surface area (Å²) >= 11 is 5.99. The number of carbonyl (C=O) groups excluding carboxylic acids is 1. The average Bonchev–Trinajstić information content (AvgIpc) is 2.40. The molecule has 2 aliphatic heterocycles. The summed E-state index contributed by atoms with van der Waals surface area (Å²) in [7, 11) is 0. The molecule has 0 N–H and O–H groups in total. The van der Waals surface area contributed by atoms with Gasteiger partial charge in [-0.2, -0.15) is 0 Å². The lowest BCUT2D eigenvalue weighted by Crippen LogP contribution is -2.39. The lowest BCUT2D eigenvalue weighted by molar-refractivity contribution is -0.157. The Bertz CT molecular complexity index is 500. The van der Waals surface area contributed by atoms with Gasteiger partial charge in [-0.05, 0) is 36.5 Å². The van der Waals surface area contributed by atoms with Crippen LogP contribution >= 0.6 is 6.04 Å². The van der Waals surface area contributed by atoms with Crippen molar-refractivity contribution in [2.45, 2.75) is 25.4 Å². The zero-order chi connectivity index (χ0) is 12.6. The normalized spacial score (nSPS) is 35.7. The first kappa shape index (κ1) is 12.4. The van der Waals surface area contributed by atoms with E-state index in [0.717, 1.165) is 25.2 Å². The summed E-state index contributed by atoms with van der Waals surface area (Å²) in [5.41, 5.74) is 0. The second-order valence-electron chi connectivity index (χ2n) is 5.25. The van der Waals surface area contributed by atoms with Crippen molar-refractivity contribution >= 4 is 29.1 Å². The zero-order valence-corrected chi connectivity index (χ0v) is 12.0. The number of carbonyl (C=O) groups is 1. The number of ether oxygens (including phenoxy) is 1. The minimum atomic E-state index is -1.43. The van der Waals surface area contributed by atoms with Crippen molar-refractivity contribution in [2.75, 3.05) is 12.3 Å². The van der Waals surface area contributed by atoms with Gasteiger partial charge in [0.05, 0.1) is 0 Å². The molecule has 0 bridgehead atoms. The maximum absolute atomic E-state index is 11.3. The van der Waals surface area contributed by atoms with Gasteiger partial charge in [0.1, 0.15) is 6.10 Å². The molecule has 96 valence electrons. The summed E-state index contributed by atoms with van der Waals surface area (Å²) in [5.74, 6) is 0.480. The van der Waals surface area contributed by atoms with E-state index in [2.05, 4.69) is 24.3 Å². The molecule has 2 aliphatic rings. The molecule has 0 amide bonds. The summed E-state index contributed by atoms with van der Waals surface area (Å²) in [5, 5.41) is 1.36. The van der Waals surface area contributed by atoms with E-state index in [0.29, 0.717) is 12.3 Å². The van der Waals surface area contributed by atoms with E-state index >= 15 is 0 Å². The van der Waals surface area contributed by atoms with Crippen molar-refractivity contribution in [1.29, 1.82) is 0 Å². The van der Waals surface area contributed by atoms with Crippen LogP contribution in [-0.4, -0.2) is 24.4 Å². The Hall–Kier alpha value is -0.660. The SMILES string of the molecule is O=C1CCC2CP(=S)(c3ccccc3)CCC2O1. The Morgan fingerprint density at radius 1 is 1.22 bits per heavy atom. The molecule has 2 nitrogen and oxygen atoms in total. The van der Waals surface area contributed by atoms with Gasteiger partial charge in [0.15, 0.2) is 0 Å². The quantitative estimate of drug-likeness (QED) is 0.584. The molecule has 3 atom stereocenters. The summed E-state index contributed by atoms with van der Waals surface area (Å²) in [6.07, 6.45) is 4.76. The maximum Gasteiger partial charge on any atom is 0.306 e. The molecule has 1 aromatic carbocycles. The third-order valence-corrected chi connectivity index (χ3v) is 8.96. The summed E-state index contributed by atoms with van der Waals surface area (Å²) in [6.45, 7) is 0. The highest BCUT2D eigenvalue weighted by molar-refractivity contribution is 8.18. The van der Waals surface area contributed by atoms with Gasteiger partial charge in [-0.25, -0.2) is 0 Å². The number of esters is 1. The molecule has 2 saturated heterocycles. The lowest BCUT2D eigenvalue weighted by Gasteiger charge is -2.40. The minimum Gasteiger partial charge on any atom is -0.462 e. The number of hydrogen-bond donors (Lipinski definition) is 0. The Balaban J connectivity index is 1.82. The van der Waals surface area contributed by atoms with Crippen molar-refractivity contribution in [3.63, 3.8) is 0 Å². The average molecular weight is 280 g/mol. The first-order valence-corrected chi connectivity index (χ1v) is 9.68. The lowest BCUT2D eigenvalue weighted by atomic mass is 9.94. The predicted octanol–water partition coefficient (Wildman–Crippen LogP) is 2.52. The molecule has 18 heavy (non-hydrogen) atoms. The Kier molecular flexibility index (Phi) is 3.29. The molecule has 3 unspecified atom stereocenters. The topological polar surface area (TPSA) is 26.3 Å². The van der Waals surface area contributed by atoms with Gasteiger partial charge in [-0.15, -0.1) is 0 Å². The van der Waals surface area contributed by atoms with Gasteiger partial charge in [0.25, 0.3) is 0 Å². The van der Waals surface area contributed by atoms with Crippen molar-refractivity contribution in [3.8, 4) is 0 Å². The minimum absolute atomic E-state index is 0.0221. The van der Waals surface area contributed by atoms with Crippen LogP contribution in [0.2, 0.25) is 0 Å². The fourth-order valence-corrected chi connectivity index (χ4v) is 7.53. The molecule has 3 rings (SSSR count). The van der Waals surface area contributed by atoms with E-state index in [4.69, 9.17) is 16.5 Å². The van der Waals surface area contributed by atoms with Gasteiger partial charge in [0, 0.05) is 12.3 Å². The largest absolute Gasteiger partial charge is 0.462 e. The number of benzene rings is 1. The van der Waals surface area contributed by atoms with Crippen LogP contribution in [0.25, 0.3) is 0 Å². The van der Waals surface area contributed by atoms with Gasteiger partial charge in [0.2, 0.25) is 0 Å². The van der Waals surface area contributed by atoms with Crippen molar-refractivity contribution in [1.82, 2.24) is 0 Å². The van der Waals surface area contributed by atoms with Crippen LogP contribution in [0.1, 0.15) is 19.3 Å². The monoisotopic (exact) mass is 280 g/mol. The molecule has 0 spiro atoms. The smallest absolute Gasteiger partial charge is 0.306 e. The standard InChI is InChI=1S/C14H17O2PS/c15-14-7-6-11-10-17(18,9-8-13(11)16-14)12-4-2-1-3-5-12/h1-5,11,13H,6-10H2. The maximum atomic E-state index is 11.3. The van der Waals surface area contributed by atoms with Gasteiger partial charge < -0.3 is 4.74 Å². The number of fused-ring (bicyclic) bond motifs is 1. The van der Waals surface area contributed by atoms with Crippen molar-refractivity contribution in [2.24, 2.45) is 5.92 Å². The third-order valence-electron chi connectivity index (χ3n) is 4.06. The van der Waals surface area contributed by atoms with E-state index in [1.807, 2.05) is 6.07 Å². The van der Waals surface area contributed by atoms with Crippen LogP contribution in [-0.2, 0) is 21.3 Å². The summed E-state index contributed by atoms with van der Waals surface area (Å²) in [6, 6.07) is 9.12. The molecule has 0 saturated carbocycles. The van der Waals surface area contributed by atoms with Crippen LogP contribution in [0.4, 0.5) is 0 Å². The highest BCUT2D eigenvalue weighted by Gasteiger charge is 2.39. The molecule has 2 fully saturated rings. The van der Waals surface area contributed by atoms with Crippen LogP contribution in [0.5, 0.6) is 0 Å². The molecule has 4 heteroatoms. The highest BCUT2D eigenvalue weighted by atomic mass is 32.4. The van der Waals surface area contributed by atoms with Crippen molar-refractivity contribution < 1.29 is 9.53 Å². The van der Waals surface area contributed by atoms with Crippen molar-refractivity contribution in [3.05, 3.63) is 30.3 Å². The Morgan fingerprint density at radius 3 is 2.78 bits per heavy atom. The molecule has 2 heterocycles.